The second-order valence-corrected chi connectivity index (χ2v) is 5.86. The van der Waals surface area contributed by atoms with Crippen molar-refractivity contribution in [3.05, 3.63) is 0 Å². The van der Waals surface area contributed by atoms with Crippen molar-refractivity contribution in [3.8, 4) is 0 Å². The van der Waals surface area contributed by atoms with E-state index in [0.717, 1.165) is 25.7 Å². The van der Waals surface area contributed by atoms with Gasteiger partial charge in [-0.3, -0.25) is 4.79 Å². The van der Waals surface area contributed by atoms with Crippen LogP contribution >= 0.6 is 0 Å². The summed E-state index contributed by atoms with van der Waals surface area (Å²) in [5.41, 5.74) is -0.289. The van der Waals surface area contributed by atoms with Gasteiger partial charge in [-0.15, -0.1) is 0 Å². The SMILES string of the molecule is CCCC(O)CNC(=O)C(C)(C)C1CCCC1. The molecule has 1 aliphatic carbocycles. The second-order valence-electron chi connectivity index (χ2n) is 5.86. The van der Waals surface area contributed by atoms with Crippen LogP contribution in [0.15, 0.2) is 0 Å². The fraction of sp³-hybridized carbons (Fsp3) is 0.929. The van der Waals surface area contributed by atoms with Crippen LogP contribution in [0.1, 0.15) is 59.3 Å². The number of carbonyl (C=O) groups excluding carboxylic acids is 1. The normalized spacial score (nSPS) is 19.3. The molecule has 0 aromatic rings. The Hall–Kier alpha value is -0.570. The molecular weight excluding hydrogens is 214 g/mol. The van der Waals surface area contributed by atoms with Crippen molar-refractivity contribution in [1.82, 2.24) is 5.32 Å². The molecule has 3 nitrogen and oxygen atoms in total. The Bertz CT molecular complexity index is 245. The zero-order chi connectivity index (χ0) is 12.9. The minimum Gasteiger partial charge on any atom is -0.391 e. The molecule has 17 heavy (non-hydrogen) atoms. The smallest absolute Gasteiger partial charge is 0.226 e. The van der Waals surface area contributed by atoms with E-state index in [2.05, 4.69) is 5.32 Å². The third-order valence-corrected chi connectivity index (χ3v) is 4.08. The molecule has 0 aromatic carbocycles. The van der Waals surface area contributed by atoms with E-state index in [1.54, 1.807) is 0 Å². The number of hydrogen-bond donors (Lipinski definition) is 2. The van der Waals surface area contributed by atoms with Gasteiger partial charge in [-0.25, -0.2) is 0 Å². The highest BCUT2D eigenvalue weighted by Crippen LogP contribution is 2.39. The van der Waals surface area contributed by atoms with Crippen LogP contribution < -0.4 is 5.32 Å². The number of amides is 1. The molecule has 1 aliphatic rings. The summed E-state index contributed by atoms with van der Waals surface area (Å²) in [7, 11) is 0. The zero-order valence-corrected chi connectivity index (χ0v) is 11.5. The Morgan fingerprint density at radius 1 is 1.41 bits per heavy atom. The maximum Gasteiger partial charge on any atom is 0.226 e. The quantitative estimate of drug-likeness (QED) is 0.750. The van der Waals surface area contributed by atoms with Crippen molar-refractivity contribution >= 4 is 5.91 Å². The Balaban J connectivity index is 2.39. The molecule has 1 rings (SSSR count). The van der Waals surface area contributed by atoms with Crippen LogP contribution in [0.25, 0.3) is 0 Å². The molecule has 0 aliphatic heterocycles. The molecular formula is C14H27NO2. The van der Waals surface area contributed by atoms with Crippen molar-refractivity contribution in [2.45, 2.75) is 65.4 Å². The molecule has 0 saturated heterocycles. The molecule has 0 heterocycles. The molecule has 1 unspecified atom stereocenters. The first kappa shape index (κ1) is 14.5. The van der Waals surface area contributed by atoms with Gasteiger partial charge in [0.15, 0.2) is 0 Å². The second kappa shape index (κ2) is 6.39. The Kier molecular flexibility index (Phi) is 5.44. The zero-order valence-electron chi connectivity index (χ0n) is 11.5. The first-order valence-corrected chi connectivity index (χ1v) is 6.94. The number of aliphatic hydroxyl groups excluding tert-OH is 1. The molecule has 1 saturated carbocycles. The maximum absolute atomic E-state index is 12.1. The lowest BCUT2D eigenvalue weighted by Gasteiger charge is -2.30. The Morgan fingerprint density at radius 3 is 2.53 bits per heavy atom. The van der Waals surface area contributed by atoms with Crippen LogP contribution in [0.2, 0.25) is 0 Å². The average Bonchev–Trinajstić information content (AvgIpc) is 2.80. The van der Waals surface area contributed by atoms with E-state index >= 15 is 0 Å². The topological polar surface area (TPSA) is 49.3 Å². The van der Waals surface area contributed by atoms with Crippen molar-refractivity contribution < 1.29 is 9.90 Å². The van der Waals surface area contributed by atoms with Crippen molar-refractivity contribution in [2.75, 3.05) is 6.54 Å². The summed E-state index contributed by atoms with van der Waals surface area (Å²) in [6.07, 6.45) is 6.13. The minimum atomic E-state index is -0.400. The van der Waals surface area contributed by atoms with E-state index in [4.69, 9.17) is 0 Å². The van der Waals surface area contributed by atoms with Crippen LogP contribution in [0.3, 0.4) is 0 Å². The molecule has 1 amide bonds. The lowest BCUT2D eigenvalue weighted by atomic mass is 9.77. The van der Waals surface area contributed by atoms with Gasteiger partial charge < -0.3 is 10.4 Å². The average molecular weight is 241 g/mol. The summed E-state index contributed by atoms with van der Waals surface area (Å²) < 4.78 is 0. The lowest BCUT2D eigenvalue weighted by Crippen LogP contribution is -2.43. The Morgan fingerprint density at radius 2 is 2.00 bits per heavy atom. The molecule has 100 valence electrons. The first-order valence-electron chi connectivity index (χ1n) is 6.94. The van der Waals surface area contributed by atoms with Crippen molar-refractivity contribution in [3.63, 3.8) is 0 Å². The summed E-state index contributed by atoms with van der Waals surface area (Å²) in [6, 6.07) is 0. The summed E-state index contributed by atoms with van der Waals surface area (Å²) in [4.78, 5) is 12.1. The van der Waals surface area contributed by atoms with E-state index in [9.17, 15) is 9.90 Å². The van der Waals surface area contributed by atoms with Crippen LogP contribution in [0.4, 0.5) is 0 Å². The van der Waals surface area contributed by atoms with Gasteiger partial charge in [-0.1, -0.05) is 40.0 Å². The van der Waals surface area contributed by atoms with E-state index in [-0.39, 0.29) is 11.3 Å². The van der Waals surface area contributed by atoms with E-state index < -0.39 is 6.10 Å². The minimum absolute atomic E-state index is 0.0968. The lowest BCUT2D eigenvalue weighted by molar-refractivity contribution is -0.132. The van der Waals surface area contributed by atoms with Gasteiger partial charge in [0.2, 0.25) is 5.91 Å². The van der Waals surface area contributed by atoms with Gasteiger partial charge >= 0.3 is 0 Å². The van der Waals surface area contributed by atoms with E-state index in [1.165, 1.54) is 12.8 Å². The molecule has 0 spiro atoms. The number of carbonyl (C=O) groups is 1. The fourth-order valence-corrected chi connectivity index (χ4v) is 2.71. The summed E-state index contributed by atoms with van der Waals surface area (Å²) in [5, 5.41) is 12.5. The predicted molar refractivity (Wildman–Crippen MR) is 69.7 cm³/mol. The molecule has 0 radical (unpaired) electrons. The summed E-state index contributed by atoms with van der Waals surface area (Å²) in [6.45, 7) is 6.49. The largest absolute Gasteiger partial charge is 0.391 e. The van der Waals surface area contributed by atoms with Gasteiger partial charge in [-0.05, 0) is 25.2 Å². The maximum atomic E-state index is 12.1. The standard InChI is InChI=1S/C14H27NO2/c1-4-7-12(16)10-15-13(17)14(2,3)11-8-5-6-9-11/h11-12,16H,4-10H2,1-3H3,(H,15,17). The van der Waals surface area contributed by atoms with Gasteiger partial charge in [0.1, 0.15) is 0 Å². The number of aliphatic hydroxyl groups is 1. The van der Waals surface area contributed by atoms with Crippen LogP contribution in [-0.4, -0.2) is 23.7 Å². The van der Waals surface area contributed by atoms with Gasteiger partial charge in [0, 0.05) is 12.0 Å². The predicted octanol–water partition coefficient (Wildman–Crippen LogP) is 2.48. The van der Waals surface area contributed by atoms with Gasteiger partial charge in [0.25, 0.3) is 0 Å². The third-order valence-electron chi connectivity index (χ3n) is 4.08. The first-order chi connectivity index (χ1) is 7.98. The fourth-order valence-electron chi connectivity index (χ4n) is 2.71. The number of nitrogens with one attached hydrogen (secondary N) is 1. The van der Waals surface area contributed by atoms with Crippen molar-refractivity contribution in [1.29, 1.82) is 0 Å². The van der Waals surface area contributed by atoms with Crippen LogP contribution in [-0.2, 0) is 4.79 Å². The third kappa shape index (κ3) is 3.98. The highest BCUT2D eigenvalue weighted by molar-refractivity contribution is 5.82. The van der Waals surface area contributed by atoms with Crippen LogP contribution in [0, 0.1) is 11.3 Å². The van der Waals surface area contributed by atoms with Gasteiger partial charge in [-0.2, -0.15) is 0 Å². The molecule has 2 N–H and O–H groups in total. The highest BCUT2D eigenvalue weighted by Gasteiger charge is 2.37. The molecule has 0 aromatic heterocycles. The monoisotopic (exact) mass is 241 g/mol. The Labute approximate surface area is 105 Å². The molecule has 1 fully saturated rings. The summed E-state index contributed by atoms with van der Waals surface area (Å²) in [5.74, 6) is 0.602. The van der Waals surface area contributed by atoms with Crippen LogP contribution in [0.5, 0.6) is 0 Å². The summed E-state index contributed by atoms with van der Waals surface area (Å²) >= 11 is 0. The van der Waals surface area contributed by atoms with Crippen molar-refractivity contribution in [2.24, 2.45) is 11.3 Å². The van der Waals surface area contributed by atoms with Gasteiger partial charge in [0.05, 0.1) is 6.10 Å². The van der Waals surface area contributed by atoms with E-state index in [1.807, 2.05) is 20.8 Å². The molecule has 1 atom stereocenters. The van der Waals surface area contributed by atoms with E-state index in [0.29, 0.717) is 12.5 Å². The highest BCUT2D eigenvalue weighted by atomic mass is 16.3. The molecule has 0 bridgehead atoms. The number of rotatable bonds is 6. The number of hydrogen-bond acceptors (Lipinski definition) is 2. The molecule has 3 heteroatoms.